The maximum absolute atomic E-state index is 4.95. The molecule has 2 nitrogen and oxygen atoms in total. The van der Waals surface area contributed by atoms with Gasteiger partial charge in [-0.05, 0) is 48.9 Å². The van der Waals surface area contributed by atoms with Crippen LogP contribution in [0.3, 0.4) is 0 Å². The highest BCUT2D eigenvalue weighted by Gasteiger charge is 2.36. The fourth-order valence-corrected chi connectivity index (χ4v) is 3.67. The van der Waals surface area contributed by atoms with Crippen LogP contribution in [0.15, 0.2) is 88.8 Å². The van der Waals surface area contributed by atoms with E-state index in [0.29, 0.717) is 12.0 Å². The first-order valence-corrected chi connectivity index (χ1v) is 10.8. The minimum atomic E-state index is 0.374. The molecule has 2 atom stereocenters. The number of anilines is 1. The van der Waals surface area contributed by atoms with Gasteiger partial charge in [0.1, 0.15) is 5.84 Å². The summed E-state index contributed by atoms with van der Waals surface area (Å²) in [5.74, 6) is 1.62. The molecule has 3 rings (SSSR count). The molecular formula is C24H28N2S. The van der Waals surface area contributed by atoms with Gasteiger partial charge in [0.2, 0.25) is 0 Å². The molecule has 2 aromatic carbocycles. The second-order valence-corrected chi connectivity index (χ2v) is 7.72. The van der Waals surface area contributed by atoms with Crippen LogP contribution in [0.4, 0.5) is 5.69 Å². The molecule has 1 saturated heterocycles. The minimum Gasteiger partial charge on any atom is -0.322 e. The summed E-state index contributed by atoms with van der Waals surface area (Å²) in [6.07, 6.45) is 11.6. The number of nitrogens with zero attached hydrogens (tertiary/aromatic N) is 2. The molecule has 0 aromatic heterocycles. The number of benzene rings is 2. The van der Waals surface area contributed by atoms with E-state index in [1.807, 2.05) is 13.0 Å². The minimum absolute atomic E-state index is 0.374. The van der Waals surface area contributed by atoms with Gasteiger partial charge in [0.25, 0.3) is 0 Å². The van der Waals surface area contributed by atoms with Crippen LogP contribution < -0.4 is 4.90 Å². The van der Waals surface area contributed by atoms with Crippen LogP contribution in [0, 0.1) is 5.92 Å². The quantitative estimate of drug-likeness (QED) is 0.403. The van der Waals surface area contributed by atoms with E-state index in [-0.39, 0.29) is 0 Å². The summed E-state index contributed by atoms with van der Waals surface area (Å²) in [6.45, 7) is 5.08. The normalized spacial score (nSPS) is 19.7. The highest BCUT2D eigenvalue weighted by molar-refractivity contribution is 7.98. The number of aliphatic imine (C=N–C) groups is 1. The lowest BCUT2D eigenvalue weighted by atomic mass is 9.92. The largest absolute Gasteiger partial charge is 0.322 e. The molecule has 140 valence electrons. The van der Waals surface area contributed by atoms with Crippen LogP contribution in [-0.4, -0.2) is 18.6 Å². The Balaban J connectivity index is 1.79. The van der Waals surface area contributed by atoms with E-state index in [1.54, 1.807) is 11.8 Å². The lowest BCUT2D eigenvalue weighted by molar-refractivity contribution is 0.635. The first-order valence-electron chi connectivity index (χ1n) is 9.54. The summed E-state index contributed by atoms with van der Waals surface area (Å²) in [7, 11) is 0. The molecular weight excluding hydrogens is 348 g/mol. The standard InChI is InChI=1S/C24H28N2S/c1-4-5-7-10-19(2)18-25-24-17-23(20-11-8-6-9-12-20)26(24)21-13-15-22(27-3)16-14-21/h4-16,19,23H,17-18H2,1-3H3/t19?,23-/m0/s1. The second-order valence-electron chi connectivity index (χ2n) is 6.84. The zero-order chi connectivity index (χ0) is 19.1. The summed E-state index contributed by atoms with van der Waals surface area (Å²) in [5, 5.41) is 0. The predicted octanol–water partition coefficient (Wildman–Crippen LogP) is 6.53. The van der Waals surface area contributed by atoms with Crippen molar-refractivity contribution in [2.45, 2.75) is 31.2 Å². The molecule has 0 aliphatic carbocycles. The van der Waals surface area contributed by atoms with Crippen LogP contribution >= 0.6 is 11.8 Å². The molecule has 27 heavy (non-hydrogen) atoms. The fraction of sp³-hybridized carbons (Fsp3) is 0.292. The molecule has 0 bridgehead atoms. The first kappa shape index (κ1) is 19.5. The topological polar surface area (TPSA) is 15.6 Å². The number of rotatable bonds is 7. The van der Waals surface area contributed by atoms with Gasteiger partial charge in [-0.25, -0.2) is 0 Å². The molecule has 1 unspecified atom stereocenters. The zero-order valence-electron chi connectivity index (χ0n) is 16.4. The molecule has 1 heterocycles. The number of allylic oxidation sites excluding steroid dienone is 3. The van der Waals surface area contributed by atoms with Crippen molar-refractivity contribution in [1.82, 2.24) is 0 Å². The van der Waals surface area contributed by atoms with Crippen molar-refractivity contribution < 1.29 is 0 Å². The summed E-state index contributed by atoms with van der Waals surface area (Å²) in [4.78, 5) is 8.63. The van der Waals surface area contributed by atoms with E-state index >= 15 is 0 Å². The van der Waals surface area contributed by atoms with Crippen molar-refractivity contribution in [2.24, 2.45) is 10.9 Å². The van der Waals surface area contributed by atoms with Crippen LogP contribution in [0.25, 0.3) is 0 Å². The van der Waals surface area contributed by atoms with Crippen molar-refractivity contribution >= 4 is 23.3 Å². The van der Waals surface area contributed by atoms with Crippen LogP contribution in [0.5, 0.6) is 0 Å². The summed E-state index contributed by atoms with van der Waals surface area (Å²) in [6, 6.07) is 19.9. The Morgan fingerprint density at radius 1 is 1.11 bits per heavy atom. The van der Waals surface area contributed by atoms with Gasteiger partial charge in [-0.2, -0.15) is 0 Å². The van der Waals surface area contributed by atoms with Crippen molar-refractivity contribution in [3.8, 4) is 0 Å². The van der Waals surface area contributed by atoms with E-state index in [9.17, 15) is 0 Å². The first-order chi connectivity index (χ1) is 13.2. The average molecular weight is 377 g/mol. The average Bonchev–Trinajstić information content (AvgIpc) is 2.69. The maximum Gasteiger partial charge on any atom is 0.106 e. The van der Waals surface area contributed by atoms with E-state index in [4.69, 9.17) is 4.99 Å². The summed E-state index contributed by atoms with van der Waals surface area (Å²) >= 11 is 1.77. The van der Waals surface area contributed by atoms with Gasteiger partial charge in [-0.15, -0.1) is 11.8 Å². The molecule has 3 heteroatoms. The van der Waals surface area contributed by atoms with Crippen LogP contribution in [0.1, 0.15) is 31.9 Å². The van der Waals surface area contributed by atoms with E-state index in [1.165, 1.54) is 22.0 Å². The van der Waals surface area contributed by atoms with Crippen LogP contribution in [0.2, 0.25) is 0 Å². The van der Waals surface area contributed by atoms with Crippen LogP contribution in [-0.2, 0) is 0 Å². The number of thioether (sulfide) groups is 1. The van der Waals surface area contributed by atoms with Gasteiger partial charge in [-0.3, -0.25) is 4.99 Å². The molecule has 1 aliphatic heterocycles. The molecule has 1 fully saturated rings. The van der Waals surface area contributed by atoms with Gasteiger partial charge in [0.15, 0.2) is 0 Å². The summed E-state index contributed by atoms with van der Waals surface area (Å²) < 4.78 is 0. The van der Waals surface area contributed by atoms with E-state index in [0.717, 1.165) is 13.0 Å². The zero-order valence-corrected chi connectivity index (χ0v) is 17.2. The highest BCUT2D eigenvalue weighted by atomic mass is 32.2. The van der Waals surface area contributed by atoms with Crippen molar-refractivity contribution in [2.75, 3.05) is 17.7 Å². The number of hydrogen-bond acceptors (Lipinski definition) is 2. The fourth-order valence-electron chi connectivity index (χ4n) is 3.26. The Bertz CT molecular complexity index is 806. The van der Waals surface area contributed by atoms with Gasteiger partial charge in [-0.1, -0.05) is 61.6 Å². The smallest absolute Gasteiger partial charge is 0.106 e. The van der Waals surface area contributed by atoms with Crippen molar-refractivity contribution in [3.05, 3.63) is 84.5 Å². The summed E-state index contributed by atoms with van der Waals surface area (Å²) in [5.41, 5.74) is 2.58. The second kappa shape index (κ2) is 9.61. The van der Waals surface area contributed by atoms with E-state index in [2.05, 4.69) is 90.9 Å². The molecule has 0 N–H and O–H groups in total. The van der Waals surface area contributed by atoms with E-state index < -0.39 is 0 Å². The Morgan fingerprint density at radius 3 is 2.52 bits per heavy atom. The van der Waals surface area contributed by atoms with Gasteiger partial charge in [0, 0.05) is 23.5 Å². The van der Waals surface area contributed by atoms with Crippen molar-refractivity contribution in [3.63, 3.8) is 0 Å². The Hall–Kier alpha value is -2.26. The third-order valence-electron chi connectivity index (χ3n) is 4.81. The predicted molar refractivity (Wildman–Crippen MR) is 120 cm³/mol. The molecule has 2 aromatic rings. The highest BCUT2D eigenvalue weighted by Crippen LogP contribution is 2.40. The van der Waals surface area contributed by atoms with Gasteiger partial charge in [0.05, 0.1) is 6.04 Å². The molecule has 0 spiro atoms. The third kappa shape index (κ3) is 4.92. The number of amidine groups is 1. The lowest BCUT2D eigenvalue weighted by Gasteiger charge is -2.44. The number of hydrogen-bond donors (Lipinski definition) is 0. The molecule has 0 radical (unpaired) electrons. The third-order valence-corrected chi connectivity index (χ3v) is 5.55. The molecule has 0 saturated carbocycles. The Kier molecular flexibility index (Phi) is 6.94. The maximum atomic E-state index is 4.95. The SMILES string of the molecule is CC=CC=CC(C)CN=C1C[C@@H](c2ccccc2)N1c1ccc(SC)cc1. The molecule has 1 aliphatic rings. The van der Waals surface area contributed by atoms with Crippen molar-refractivity contribution in [1.29, 1.82) is 0 Å². The van der Waals surface area contributed by atoms with Gasteiger partial charge >= 0.3 is 0 Å². The van der Waals surface area contributed by atoms with Gasteiger partial charge < -0.3 is 4.90 Å². The Morgan fingerprint density at radius 2 is 1.85 bits per heavy atom. The Labute approximate surface area is 167 Å². The molecule has 0 amide bonds. The monoisotopic (exact) mass is 376 g/mol. The lowest BCUT2D eigenvalue weighted by Crippen LogP contribution is -2.47.